The first-order valence-electron chi connectivity index (χ1n) is 3.58. The molecule has 1 fully saturated rings. The SMILES string of the molecule is CC1CC(=O)C(=O)C(=O)NC1O. The number of nitrogens with one attached hydrogen (secondary N) is 1. The van der Waals surface area contributed by atoms with Gasteiger partial charge in [-0.2, -0.15) is 0 Å². The molecule has 0 aromatic carbocycles. The zero-order valence-electron chi connectivity index (χ0n) is 6.53. The van der Waals surface area contributed by atoms with Crippen molar-refractivity contribution >= 4 is 17.5 Å². The van der Waals surface area contributed by atoms with Gasteiger partial charge in [-0.15, -0.1) is 0 Å². The average Bonchev–Trinajstić information content (AvgIpc) is 2.07. The molecule has 0 bridgehead atoms. The van der Waals surface area contributed by atoms with Gasteiger partial charge in [0.15, 0.2) is 0 Å². The van der Waals surface area contributed by atoms with Crippen LogP contribution in [0.1, 0.15) is 13.3 Å². The first kappa shape index (κ1) is 8.86. The van der Waals surface area contributed by atoms with Gasteiger partial charge in [0, 0.05) is 12.3 Å². The van der Waals surface area contributed by atoms with Crippen LogP contribution in [0.5, 0.6) is 0 Å². The molecule has 0 radical (unpaired) electrons. The number of ketones is 2. The van der Waals surface area contributed by atoms with Crippen molar-refractivity contribution in [3.8, 4) is 0 Å². The molecule has 1 aliphatic heterocycles. The molecule has 0 aliphatic carbocycles. The number of Topliss-reactive ketones (excluding diaryl/α,β-unsaturated/α-hetero) is 2. The summed E-state index contributed by atoms with van der Waals surface area (Å²) in [6.07, 6.45) is -1.19. The zero-order valence-corrected chi connectivity index (χ0v) is 6.53. The first-order valence-corrected chi connectivity index (χ1v) is 3.58. The molecule has 1 rings (SSSR count). The summed E-state index contributed by atoms with van der Waals surface area (Å²) >= 11 is 0. The molecular weight excluding hydrogens is 162 g/mol. The molecule has 66 valence electrons. The molecule has 1 aliphatic rings. The second-order valence-electron chi connectivity index (χ2n) is 2.85. The lowest BCUT2D eigenvalue weighted by Crippen LogP contribution is -2.40. The molecule has 5 heteroatoms. The van der Waals surface area contributed by atoms with Crippen molar-refractivity contribution in [1.82, 2.24) is 5.32 Å². The van der Waals surface area contributed by atoms with Gasteiger partial charge in [0.1, 0.15) is 6.23 Å². The summed E-state index contributed by atoms with van der Waals surface area (Å²) in [6.45, 7) is 1.58. The third kappa shape index (κ3) is 1.50. The Morgan fingerprint density at radius 2 is 2.00 bits per heavy atom. The van der Waals surface area contributed by atoms with Gasteiger partial charge in [0.25, 0.3) is 11.7 Å². The standard InChI is InChI=1S/C7H9NO4/c1-3-2-4(9)5(10)7(12)8-6(3)11/h3,6,11H,2H2,1H3,(H,8,12). The number of aliphatic hydroxyl groups is 1. The molecule has 0 saturated carbocycles. The quantitative estimate of drug-likeness (QED) is 0.439. The summed E-state index contributed by atoms with van der Waals surface area (Å²) in [5.74, 6) is -3.24. The van der Waals surface area contributed by atoms with E-state index in [1.165, 1.54) is 0 Å². The van der Waals surface area contributed by atoms with Crippen molar-refractivity contribution < 1.29 is 19.5 Å². The lowest BCUT2D eigenvalue weighted by atomic mass is 10.0. The van der Waals surface area contributed by atoms with E-state index >= 15 is 0 Å². The molecule has 2 atom stereocenters. The predicted molar refractivity (Wildman–Crippen MR) is 37.9 cm³/mol. The maximum atomic E-state index is 10.9. The van der Waals surface area contributed by atoms with Crippen LogP contribution < -0.4 is 5.32 Å². The molecule has 0 aromatic heterocycles. The van der Waals surface area contributed by atoms with Crippen LogP contribution in [0.15, 0.2) is 0 Å². The maximum Gasteiger partial charge on any atom is 0.297 e. The molecule has 1 amide bonds. The number of rotatable bonds is 0. The topological polar surface area (TPSA) is 83.5 Å². The van der Waals surface area contributed by atoms with E-state index in [0.29, 0.717) is 0 Å². The summed E-state index contributed by atoms with van der Waals surface area (Å²) in [7, 11) is 0. The summed E-state index contributed by atoms with van der Waals surface area (Å²) in [6, 6.07) is 0. The smallest absolute Gasteiger partial charge is 0.297 e. The van der Waals surface area contributed by atoms with E-state index in [1.807, 2.05) is 5.32 Å². The summed E-state index contributed by atoms with van der Waals surface area (Å²) < 4.78 is 0. The maximum absolute atomic E-state index is 10.9. The van der Waals surface area contributed by atoms with Gasteiger partial charge in [0.2, 0.25) is 5.78 Å². The molecule has 12 heavy (non-hydrogen) atoms. The van der Waals surface area contributed by atoms with Crippen LogP contribution in [-0.4, -0.2) is 28.8 Å². The van der Waals surface area contributed by atoms with Gasteiger partial charge in [-0.1, -0.05) is 6.92 Å². The van der Waals surface area contributed by atoms with E-state index in [9.17, 15) is 14.4 Å². The Kier molecular flexibility index (Phi) is 2.23. The number of hydrogen-bond donors (Lipinski definition) is 2. The Balaban J connectivity index is 2.85. The molecule has 1 saturated heterocycles. The second kappa shape index (κ2) is 3.02. The summed E-state index contributed by atoms with van der Waals surface area (Å²) in [5, 5.41) is 11.1. The molecule has 1 heterocycles. The monoisotopic (exact) mass is 171 g/mol. The van der Waals surface area contributed by atoms with Crippen molar-refractivity contribution in [3.05, 3.63) is 0 Å². The predicted octanol–water partition coefficient (Wildman–Crippen LogP) is -1.40. The van der Waals surface area contributed by atoms with Crippen molar-refractivity contribution in [1.29, 1.82) is 0 Å². The number of carbonyl (C=O) groups excluding carboxylic acids is 3. The van der Waals surface area contributed by atoms with E-state index < -0.39 is 29.6 Å². The fourth-order valence-electron chi connectivity index (χ4n) is 0.966. The van der Waals surface area contributed by atoms with Crippen LogP contribution in [0.3, 0.4) is 0 Å². The van der Waals surface area contributed by atoms with Crippen molar-refractivity contribution in [2.45, 2.75) is 19.6 Å². The van der Waals surface area contributed by atoms with Crippen LogP contribution in [-0.2, 0) is 14.4 Å². The van der Waals surface area contributed by atoms with Crippen LogP contribution in [0.25, 0.3) is 0 Å². The molecular formula is C7H9NO4. The molecule has 2 unspecified atom stereocenters. The summed E-state index contributed by atoms with van der Waals surface area (Å²) in [5.41, 5.74) is 0. The second-order valence-corrected chi connectivity index (χ2v) is 2.85. The van der Waals surface area contributed by atoms with Gasteiger partial charge in [-0.3, -0.25) is 14.4 Å². The Morgan fingerprint density at radius 1 is 1.42 bits per heavy atom. The van der Waals surface area contributed by atoms with Gasteiger partial charge in [-0.25, -0.2) is 0 Å². The van der Waals surface area contributed by atoms with E-state index in [2.05, 4.69) is 0 Å². The van der Waals surface area contributed by atoms with E-state index in [0.717, 1.165) is 0 Å². The van der Waals surface area contributed by atoms with Crippen LogP contribution in [0.2, 0.25) is 0 Å². The Labute approximate surface area is 68.8 Å². The van der Waals surface area contributed by atoms with Crippen molar-refractivity contribution in [3.63, 3.8) is 0 Å². The van der Waals surface area contributed by atoms with Crippen LogP contribution in [0, 0.1) is 5.92 Å². The minimum Gasteiger partial charge on any atom is -0.373 e. The Bertz CT molecular complexity index is 224. The fraction of sp³-hybridized carbons (Fsp3) is 0.571. The lowest BCUT2D eigenvalue weighted by molar-refractivity contribution is -0.144. The van der Waals surface area contributed by atoms with Gasteiger partial charge < -0.3 is 10.4 Å². The largest absolute Gasteiger partial charge is 0.373 e. The molecule has 0 aromatic rings. The van der Waals surface area contributed by atoms with E-state index in [1.54, 1.807) is 6.92 Å². The normalized spacial score (nSPS) is 31.3. The fourth-order valence-corrected chi connectivity index (χ4v) is 0.966. The number of hydrogen-bond acceptors (Lipinski definition) is 4. The van der Waals surface area contributed by atoms with Gasteiger partial charge >= 0.3 is 0 Å². The number of carbonyl (C=O) groups is 3. The Hall–Kier alpha value is -1.23. The highest BCUT2D eigenvalue weighted by Crippen LogP contribution is 2.10. The Morgan fingerprint density at radius 3 is 2.58 bits per heavy atom. The minimum absolute atomic E-state index is 0.0846. The first-order chi connectivity index (χ1) is 5.52. The lowest BCUT2D eigenvalue weighted by Gasteiger charge is -2.13. The van der Waals surface area contributed by atoms with Crippen LogP contribution in [0.4, 0.5) is 0 Å². The average molecular weight is 171 g/mol. The zero-order chi connectivity index (χ0) is 9.30. The van der Waals surface area contributed by atoms with E-state index in [4.69, 9.17) is 5.11 Å². The van der Waals surface area contributed by atoms with Crippen molar-refractivity contribution in [2.75, 3.05) is 0 Å². The van der Waals surface area contributed by atoms with E-state index in [-0.39, 0.29) is 6.42 Å². The summed E-state index contributed by atoms with van der Waals surface area (Å²) in [4.78, 5) is 32.4. The highest BCUT2D eigenvalue weighted by Gasteiger charge is 2.32. The van der Waals surface area contributed by atoms with Gasteiger partial charge in [-0.05, 0) is 0 Å². The van der Waals surface area contributed by atoms with Crippen LogP contribution >= 0.6 is 0 Å². The highest BCUT2D eigenvalue weighted by molar-refractivity contribution is 6.63. The van der Waals surface area contributed by atoms with Gasteiger partial charge in [0.05, 0.1) is 0 Å². The van der Waals surface area contributed by atoms with Crippen molar-refractivity contribution in [2.24, 2.45) is 5.92 Å². The third-order valence-electron chi connectivity index (χ3n) is 1.78. The number of amides is 1. The minimum atomic E-state index is -1.10. The molecule has 0 spiro atoms. The highest BCUT2D eigenvalue weighted by atomic mass is 16.3. The molecule has 5 nitrogen and oxygen atoms in total. The molecule has 2 N–H and O–H groups in total. The number of aliphatic hydroxyl groups excluding tert-OH is 1. The third-order valence-corrected chi connectivity index (χ3v) is 1.78.